The minimum atomic E-state index is -0.647. The van der Waals surface area contributed by atoms with Crippen LogP contribution in [0.2, 0.25) is 0 Å². The lowest BCUT2D eigenvalue weighted by atomic mass is 10.1. The predicted octanol–water partition coefficient (Wildman–Crippen LogP) is 2.27. The van der Waals surface area contributed by atoms with Crippen LogP contribution in [0.1, 0.15) is 15.9 Å². The lowest BCUT2D eigenvalue weighted by Gasteiger charge is -2.06. The highest BCUT2D eigenvalue weighted by Gasteiger charge is 2.20. The molecule has 0 heterocycles. The summed E-state index contributed by atoms with van der Waals surface area (Å²) in [6.45, 7) is 0.357. The Kier molecular flexibility index (Phi) is 4.50. The molecule has 2 aromatic rings. The number of nitrogens with zero attached hydrogens (tertiary/aromatic N) is 1. The molecule has 1 amide bonds. The minimum absolute atomic E-state index is 0.145. The van der Waals surface area contributed by atoms with Crippen molar-refractivity contribution >= 4 is 11.6 Å². The first kappa shape index (κ1) is 14.5. The zero-order valence-electron chi connectivity index (χ0n) is 11.2. The summed E-state index contributed by atoms with van der Waals surface area (Å²) in [5.74, 6) is -0.762. The Morgan fingerprint density at radius 2 is 1.90 bits per heavy atom. The molecule has 0 aromatic heterocycles. The van der Waals surface area contributed by atoms with E-state index in [9.17, 15) is 20.0 Å². The van der Waals surface area contributed by atoms with Crippen molar-refractivity contribution in [2.24, 2.45) is 0 Å². The molecule has 6 nitrogen and oxygen atoms in total. The van der Waals surface area contributed by atoms with Gasteiger partial charge in [0.25, 0.3) is 11.6 Å². The van der Waals surface area contributed by atoms with Crippen molar-refractivity contribution in [2.45, 2.75) is 6.42 Å². The molecule has 0 aliphatic carbocycles. The highest BCUT2D eigenvalue weighted by Crippen LogP contribution is 2.23. The molecule has 0 bridgehead atoms. The first-order chi connectivity index (χ1) is 10.1. The average Bonchev–Trinajstić information content (AvgIpc) is 2.47. The number of carbonyl (C=O) groups is 1. The summed E-state index contributed by atoms with van der Waals surface area (Å²) in [6, 6.07) is 13.0. The Morgan fingerprint density at radius 1 is 1.19 bits per heavy atom. The number of hydrogen-bond donors (Lipinski definition) is 2. The highest BCUT2D eigenvalue weighted by atomic mass is 16.6. The zero-order valence-corrected chi connectivity index (χ0v) is 11.2. The normalized spacial score (nSPS) is 10.1. The van der Waals surface area contributed by atoms with Gasteiger partial charge in [-0.2, -0.15) is 0 Å². The topological polar surface area (TPSA) is 92.5 Å². The van der Waals surface area contributed by atoms with Crippen molar-refractivity contribution < 1.29 is 14.8 Å². The van der Waals surface area contributed by atoms with Gasteiger partial charge in [0, 0.05) is 12.6 Å². The second kappa shape index (κ2) is 6.51. The molecular formula is C15H14N2O4. The van der Waals surface area contributed by atoms with Crippen LogP contribution < -0.4 is 5.32 Å². The van der Waals surface area contributed by atoms with Gasteiger partial charge < -0.3 is 10.4 Å². The summed E-state index contributed by atoms with van der Waals surface area (Å²) in [6.07, 6.45) is 0.624. The third-order valence-corrected chi connectivity index (χ3v) is 2.96. The van der Waals surface area contributed by atoms with Crippen molar-refractivity contribution in [1.82, 2.24) is 5.32 Å². The Morgan fingerprint density at radius 3 is 2.57 bits per heavy atom. The van der Waals surface area contributed by atoms with Gasteiger partial charge in [-0.1, -0.05) is 30.3 Å². The fourth-order valence-electron chi connectivity index (χ4n) is 1.93. The van der Waals surface area contributed by atoms with Crippen LogP contribution in [0.25, 0.3) is 0 Å². The van der Waals surface area contributed by atoms with Crippen LogP contribution in [0.3, 0.4) is 0 Å². The molecule has 2 N–H and O–H groups in total. The average molecular weight is 286 g/mol. The summed E-state index contributed by atoms with van der Waals surface area (Å²) >= 11 is 0. The molecule has 0 spiro atoms. The van der Waals surface area contributed by atoms with Crippen LogP contribution in [0, 0.1) is 10.1 Å². The molecule has 0 aliphatic heterocycles. The van der Waals surface area contributed by atoms with Crippen LogP contribution in [0.5, 0.6) is 5.75 Å². The summed E-state index contributed by atoms with van der Waals surface area (Å²) in [4.78, 5) is 22.2. The quantitative estimate of drug-likeness (QED) is 0.651. The monoisotopic (exact) mass is 286 g/mol. The molecule has 0 saturated heterocycles. The maximum atomic E-state index is 12.0. The number of hydrogen-bond acceptors (Lipinski definition) is 4. The van der Waals surface area contributed by atoms with E-state index in [1.54, 1.807) is 0 Å². The number of nitro groups is 1. The smallest absolute Gasteiger partial charge is 0.282 e. The van der Waals surface area contributed by atoms with E-state index >= 15 is 0 Å². The van der Waals surface area contributed by atoms with E-state index < -0.39 is 10.8 Å². The lowest BCUT2D eigenvalue weighted by Crippen LogP contribution is -2.26. The largest absolute Gasteiger partial charge is 0.508 e. The lowest BCUT2D eigenvalue weighted by molar-refractivity contribution is -0.385. The standard InChI is InChI=1S/C15H14N2O4/c18-12-6-7-14(17(20)21)13(10-12)15(19)16-9-8-11-4-2-1-3-5-11/h1-7,10,18H,8-9H2,(H,16,19). The van der Waals surface area contributed by atoms with Crippen molar-refractivity contribution in [3.63, 3.8) is 0 Å². The minimum Gasteiger partial charge on any atom is -0.508 e. The van der Waals surface area contributed by atoms with Gasteiger partial charge in [0.2, 0.25) is 0 Å². The first-order valence-electron chi connectivity index (χ1n) is 6.37. The fourth-order valence-corrected chi connectivity index (χ4v) is 1.93. The Hall–Kier alpha value is -2.89. The number of carbonyl (C=O) groups excluding carboxylic acids is 1. The maximum absolute atomic E-state index is 12.0. The third-order valence-electron chi connectivity index (χ3n) is 2.96. The summed E-state index contributed by atoms with van der Waals surface area (Å²) in [5, 5.41) is 22.9. The van der Waals surface area contributed by atoms with E-state index in [0.717, 1.165) is 17.7 Å². The van der Waals surface area contributed by atoms with Gasteiger partial charge in [0.15, 0.2) is 0 Å². The summed E-state index contributed by atoms with van der Waals surface area (Å²) in [5.41, 5.74) is 0.585. The van der Waals surface area contributed by atoms with Crippen LogP contribution >= 0.6 is 0 Å². The van der Waals surface area contributed by atoms with Crippen LogP contribution in [0.15, 0.2) is 48.5 Å². The molecular weight excluding hydrogens is 272 g/mol. The number of phenols is 1. The Bertz CT molecular complexity index is 656. The highest BCUT2D eigenvalue weighted by molar-refractivity contribution is 5.98. The first-order valence-corrected chi connectivity index (χ1v) is 6.37. The molecule has 21 heavy (non-hydrogen) atoms. The van der Waals surface area contributed by atoms with E-state index in [1.165, 1.54) is 6.07 Å². The van der Waals surface area contributed by atoms with Crippen molar-refractivity contribution in [2.75, 3.05) is 6.54 Å². The van der Waals surface area contributed by atoms with Gasteiger partial charge in [0.1, 0.15) is 11.3 Å². The molecule has 0 aliphatic rings. The molecule has 2 aromatic carbocycles. The van der Waals surface area contributed by atoms with Crippen molar-refractivity contribution in [3.8, 4) is 5.75 Å². The van der Waals surface area contributed by atoms with E-state index in [-0.39, 0.29) is 17.0 Å². The van der Waals surface area contributed by atoms with E-state index in [0.29, 0.717) is 13.0 Å². The van der Waals surface area contributed by atoms with E-state index in [2.05, 4.69) is 5.32 Å². The zero-order chi connectivity index (χ0) is 15.2. The van der Waals surface area contributed by atoms with Gasteiger partial charge in [0.05, 0.1) is 4.92 Å². The molecule has 108 valence electrons. The van der Waals surface area contributed by atoms with E-state index in [4.69, 9.17) is 0 Å². The maximum Gasteiger partial charge on any atom is 0.282 e. The van der Waals surface area contributed by atoms with Gasteiger partial charge in [-0.05, 0) is 24.1 Å². The third kappa shape index (κ3) is 3.79. The number of benzene rings is 2. The Balaban J connectivity index is 2.03. The van der Waals surface area contributed by atoms with Crippen LogP contribution in [-0.2, 0) is 6.42 Å². The molecule has 0 fully saturated rings. The fraction of sp³-hybridized carbons (Fsp3) is 0.133. The molecule has 0 saturated carbocycles. The molecule has 2 rings (SSSR count). The predicted molar refractivity (Wildman–Crippen MR) is 77.2 cm³/mol. The van der Waals surface area contributed by atoms with Crippen molar-refractivity contribution in [1.29, 1.82) is 0 Å². The SMILES string of the molecule is O=C(NCCc1ccccc1)c1cc(O)ccc1[N+](=O)[O-]. The molecule has 0 unspecified atom stereocenters. The summed E-state index contributed by atoms with van der Waals surface area (Å²) < 4.78 is 0. The number of amides is 1. The Labute approximate surface area is 121 Å². The molecule has 0 radical (unpaired) electrons. The number of rotatable bonds is 5. The molecule has 0 atom stereocenters. The number of phenolic OH excluding ortho intramolecular Hbond substituents is 1. The van der Waals surface area contributed by atoms with Gasteiger partial charge in [-0.3, -0.25) is 14.9 Å². The van der Waals surface area contributed by atoms with Gasteiger partial charge >= 0.3 is 0 Å². The van der Waals surface area contributed by atoms with Crippen LogP contribution in [-0.4, -0.2) is 22.5 Å². The number of aromatic hydroxyl groups is 1. The second-order valence-electron chi connectivity index (χ2n) is 4.45. The second-order valence-corrected chi connectivity index (χ2v) is 4.45. The molecule has 6 heteroatoms. The van der Waals surface area contributed by atoms with Gasteiger partial charge in [-0.15, -0.1) is 0 Å². The van der Waals surface area contributed by atoms with Crippen molar-refractivity contribution in [3.05, 3.63) is 69.8 Å². The van der Waals surface area contributed by atoms with E-state index in [1.807, 2.05) is 30.3 Å². The summed E-state index contributed by atoms with van der Waals surface area (Å²) in [7, 11) is 0. The van der Waals surface area contributed by atoms with Gasteiger partial charge in [-0.25, -0.2) is 0 Å². The number of nitro benzene ring substituents is 1. The number of nitrogens with one attached hydrogen (secondary N) is 1. The van der Waals surface area contributed by atoms with Crippen LogP contribution in [0.4, 0.5) is 5.69 Å².